The fourth-order valence-electron chi connectivity index (χ4n) is 3.77. The van der Waals surface area contributed by atoms with Crippen LogP contribution in [0.15, 0.2) is 35.1 Å². The van der Waals surface area contributed by atoms with Crippen molar-refractivity contribution in [3.63, 3.8) is 0 Å². The third-order valence-corrected chi connectivity index (χ3v) is 5.14. The van der Waals surface area contributed by atoms with E-state index in [0.717, 1.165) is 29.9 Å². The van der Waals surface area contributed by atoms with Gasteiger partial charge in [-0.1, -0.05) is 6.07 Å². The highest BCUT2D eigenvalue weighted by Crippen LogP contribution is 2.30. The molecule has 1 N–H and O–H groups in total. The summed E-state index contributed by atoms with van der Waals surface area (Å²) in [6.07, 6.45) is -2.47. The van der Waals surface area contributed by atoms with Crippen LogP contribution >= 0.6 is 0 Å². The largest absolute Gasteiger partial charge is 0.416 e. The highest BCUT2D eigenvalue weighted by Gasteiger charge is 2.30. The normalized spacial score (nSPS) is 13.3. The molecule has 0 bridgehead atoms. The minimum absolute atomic E-state index is 0.00495. The van der Waals surface area contributed by atoms with Gasteiger partial charge in [-0.25, -0.2) is 9.67 Å². The number of halogens is 3. The van der Waals surface area contributed by atoms with Crippen LogP contribution in [0.3, 0.4) is 0 Å². The Bertz CT molecular complexity index is 1230. The molecule has 0 unspecified atom stereocenters. The van der Waals surface area contributed by atoms with Gasteiger partial charge in [0.05, 0.1) is 17.0 Å². The molecule has 1 amide bonds. The molecule has 2 aromatic heterocycles. The molecule has 0 spiro atoms. The number of rotatable bonds is 4. The predicted octanol–water partition coefficient (Wildman–Crippen LogP) is 3.19. The summed E-state index contributed by atoms with van der Waals surface area (Å²) in [7, 11) is 0. The number of carbonyl (C=O) groups is 1. The van der Waals surface area contributed by atoms with Crippen molar-refractivity contribution >= 4 is 11.6 Å². The van der Waals surface area contributed by atoms with Gasteiger partial charge in [0.1, 0.15) is 6.54 Å². The lowest BCUT2D eigenvalue weighted by atomic mass is 10.2. The maximum atomic E-state index is 13.1. The van der Waals surface area contributed by atoms with E-state index in [1.54, 1.807) is 6.92 Å². The summed E-state index contributed by atoms with van der Waals surface area (Å²) in [6.45, 7) is 3.22. The van der Waals surface area contributed by atoms with Crippen molar-refractivity contribution in [1.29, 1.82) is 0 Å². The van der Waals surface area contributed by atoms with Crippen LogP contribution in [0.2, 0.25) is 0 Å². The van der Waals surface area contributed by atoms with E-state index >= 15 is 0 Å². The maximum Gasteiger partial charge on any atom is 0.416 e. The van der Waals surface area contributed by atoms with Crippen LogP contribution in [-0.2, 0) is 30.4 Å². The van der Waals surface area contributed by atoms with Gasteiger partial charge in [-0.15, -0.1) is 0 Å². The van der Waals surface area contributed by atoms with E-state index in [0.29, 0.717) is 24.1 Å². The molecule has 0 saturated heterocycles. The highest BCUT2D eigenvalue weighted by atomic mass is 19.4. The molecule has 7 nitrogen and oxygen atoms in total. The Morgan fingerprint density at radius 3 is 2.65 bits per heavy atom. The van der Waals surface area contributed by atoms with Gasteiger partial charge in [-0.05, 0) is 57.4 Å². The summed E-state index contributed by atoms with van der Waals surface area (Å²) in [4.78, 5) is 30.4. The van der Waals surface area contributed by atoms with Crippen LogP contribution in [0.1, 0.15) is 34.6 Å². The molecule has 1 aromatic carbocycles. The Morgan fingerprint density at radius 2 is 1.97 bits per heavy atom. The van der Waals surface area contributed by atoms with Crippen molar-refractivity contribution in [2.75, 3.05) is 5.32 Å². The summed E-state index contributed by atoms with van der Waals surface area (Å²) in [5, 5.41) is 6.82. The minimum Gasteiger partial charge on any atom is -0.325 e. The minimum atomic E-state index is -4.52. The predicted molar refractivity (Wildman–Crippen MR) is 107 cm³/mol. The summed E-state index contributed by atoms with van der Waals surface area (Å²) in [5.41, 5.74) is 1.53. The first-order valence-electron chi connectivity index (χ1n) is 9.77. The number of carbonyl (C=O) groups excluding carboxylic acids is 1. The molecular weight excluding hydrogens is 411 g/mol. The van der Waals surface area contributed by atoms with Crippen molar-refractivity contribution in [3.8, 4) is 5.95 Å². The number of alkyl halides is 3. The number of nitrogens with zero attached hydrogens (tertiary/aromatic N) is 4. The Labute approximate surface area is 175 Å². The smallest absolute Gasteiger partial charge is 0.325 e. The fourth-order valence-corrected chi connectivity index (χ4v) is 3.77. The van der Waals surface area contributed by atoms with Crippen molar-refractivity contribution in [2.45, 2.75) is 45.8 Å². The summed E-state index contributed by atoms with van der Waals surface area (Å²) >= 11 is 0. The molecule has 0 radical (unpaired) electrons. The van der Waals surface area contributed by atoms with Gasteiger partial charge in [0, 0.05) is 16.9 Å². The summed E-state index contributed by atoms with van der Waals surface area (Å²) in [6, 6.07) is 6.17. The second-order valence-corrected chi connectivity index (χ2v) is 7.55. The fraction of sp³-hybridized carbons (Fsp3) is 0.333. The molecule has 1 aliphatic carbocycles. The lowest BCUT2D eigenvalue weighted by Gasteiger charge is -2.15. The summed E-state index contributed by atoms with van der Waals surface area (Å²) < 4.78 is 41.5. The number of aryl methyl sites for hydroxylation is 3. The topological polar surface area (TPSA) is 81.8 Å². The van der Waals surface area contributed by atoms with Crippen molar-refractivity contribution in [2.24, 2.45) is 0 Å². The average molecular weight is 431 g/mol. The Morgan fingerprint density at radius 1 is 1.19 bits per heavy atom. The highest BCUT2D eigenvalue weighted by molar-refractivity contribution is 5.90. The molecule has 0 saturated carbocycles. The molecule has 10 heteroatoms. The molecule has 31 heavy (non-hydrogen) atoms. The van der Waals surface area contributed by atoms with E-state index < -0.39 is 24.2 Å². The number of hydrogen-bond donors (Lipinski definition) is 1. The quantitative estimate of drug-likeness (QED) is 0.688. The number of hydrogen-bond acceptors (Lipinski definition) is 4. The monoisotopic (exact) mass is 431 g/mol. The molecule has 2 heterocycles. The van der Waals surface area contributed by atoms with Crippen molar-refractivity contribution in [3.05, 3.63) is 68.9 Å². The third kappa shape index (κ3) is 4.10. The van der Waals surface area contributed by atoms with E-state index in [1.165, 1.54) is 21.4 Å². The van der Waals surface area contributed by atoms with Crippen molar-refractivity contribution < 1.29 is 18.0 Å². The molecule has 0 aliphatic heterocycles. The second-order valence-electron chi connectivity index (χ2n) is 7.55. The Hall–Kier alpha value is -3.43. The van der Waals surface area contributed by atoms with E-state index in [9.17, 15) is 22.8 Å². The molecule has 4 rings (SSSR count). The second kappa shape index (κ2) is 7.68. The molecule has 3 aromatic rings. The maximum absolute atomic E-state index is 13.1. The average Bonchev–Trinajstić information content (AvgIpc) is 3.29. The van der Waals surface area contributed by atoms with Crippen molar-refractivity contribution in [1.82, 2.24) is 19.3 Å². The molecule has 162 valence electrons. The zero-order valence-corrected chi connectivity index (χ0v) is 17.0. The van der Waals surface area contributed by atoms with E-state index in [4.69, 9.17) is 0 Å². The van der Waals surface area contributed by atoms with Crippen LogP contribution in [-0.4, -0.2) is 25.2 Å². The molecular formula is C21H20F3N5O2. The molecule has 0 atom stereocenters. The number of aromatic nitrogens is 4. The lowest BCUT2D eigenvalue weighted by molar-refractivity contribution is -0.137. The van der Waals surface area contributed by atoms with Gasteiger partial charge in [0.15, 0.2) is 0 Å². The number of fused-ring (bicyclic) bond motifs is 1. The first-order chi connectivity index (χ1) is 14.6. The Kier molecular flexibility index (Phi) is 5.16. The van der Waals surface area contributed by atoms with E-state index in [1.807, 2.05) is 13.0 Å². The number of amides is 1. The van der Waals surface area contributed by atoms with Gasteiger partial charge >= 0.3 is 6.18 Å². The van der Waals surface area contributed by atoms with Gasteiger partial charge in [-0.2, -0.15) is 18.3 Å². The van der Waals surface area contributed by atoms with E-state index in [2.05, 4.69) is 15.4 Å². The summed E-state index contributed by atoms with van der Waals surface area (Å²) in [5.74, 6) is -0.417. The van der Waals surface area contributed by atoms with Crippen LogP contribution in [0.25, 0.3) is 5.95 Å². The van der Waals surface area contributed by atoms with Gasteiger partial charge in [0.25, 0.3) is 5.56 Å². The lowest BCUT2D eigenvalue weighted by Crippen LogP contribution is -2.34. The number of benzene rings is 1. The molecule has 0 fully saturated rings. The first-order valence-corrected chi connectivity index (χ1v) is 9.77. The Balaban J connectivity index is 1.69. The number of anilines is 1. The third-order valence-electron chi connectivity index (χ3n) is 5.14. The standard InChI is InChI=1S/C21H20F3N5O2/c1-12-9-13(2)29(27-12)20-26-17-8-4-7-16(17)19(31)28(20)11-18(30)25-15-6-3-5-14(10-15)21(22,23)24/h3,5-6,9-10H,4,7-8,11H2,1-2H3,(H,25,30). The van der Waals surface area contributed by atoms with Crippen LogP contribution < -0.4 is 10.9 Å². The van der Waals surface area contributed by atoms with E-state index in [-0.39, 0.29) is 17.2 Å². The van der Waals surface area contributed by atoms with Gasteiger partial charge in [-0.3, -0.25) is 14.2 Å². The zero-order valence-electron chi connectivity index (χ0n) is 17.0. The van der Waals surface area contributed by atoms with Gasteiger partial charge < -0.3 is 5.32 Å². The van der Waals surface area contributed by atoms with Crippen LogP contribution in [0.4, 0.5) is 18.9 Å². The van der Waals surface area contributed by atoms with Crippen LogP contribution in [0, 0.1) is 13.8 Å². The van der Waals surface area contributed by atoms with Gasteiger partial charge in [0.2, 0.25) is 11.9 Å². The number of nitrogens with one attached hydrogen (secondary N) is 1. The first kappa shape index (κ1) is 20.8. The van der Waals surface area contributed by atoms with Crippen LogP contribution in [0.5, 0.6) is 0 Å². The molecule has 1 aliphatic rings. The SMILES string of the molecule is Cc1cc(C)n(-c2nc3c(c(=O)n2CC(=O)Nc2cccc(C(F)(F)F)c2)CCC3)n1. The zero-order chi connectivity index (χ0) is 22.3.